The summed E-state index contributed by atoms with van der Waals surface area (Å²) in [6, 6.07) is 7.75. The van der Waals surface area contributed by atoms with Crippen LogP contribution in [0.25, 0.3) is 0 Å². The van der Waals surface area contributed by atoms with Crippen molar-refractivity contribution in [1.82, 2.24) is 9.21 Å². The first-order valence-corrected chi connectivity index (χ1v) is 10.1. The summed E-state index contributed by atoms with van der Waals surface area (Å²) in [4.78, 5) is 14.4. The van der Waals surface area contributed by atoms with Gasteiger partial charge < -0.3 is 9.64 Å². The van der Waals surface area contributed by atoms with Gasteiger partial charge in [0.25, 0.3) is 0 Å². The van der Waals surface area contributed by atoms with Gasteiger partial charge in [0.05, 0.1) is 13.4 Å². The Morgan fingerprint density at radius 2 is 1.75 bits per heavy atom. The van der Waals surface area contributed by atoms with Crippen LogP contribution in [0.5, 0.6) is 5.75 Å². The maximum atomic E-state index is 12.4. The molecule has 1 amide bonds. The van der Waals surface area contributed by atoms with Gasteiger partial charge in [0.1, 0.15) is 5.75 Å². The molecule has 0 unspecified atom stereocenters. The zero-order valence-corrected chi connectivity index (χ0v) is 15.0. The van der Waals surface area contributed by atoms with Crippen LogP contribution >= 0.6 is 0 Å². The molecule has 1 spiro atoms. The van der Waals surface area contributed by atoms with Crippen LogP contribution in [0.2, 0.25) is 0 Å². The summed E-state index contributed by atoms with van der Waals surface area (Å²) in [6.07, 6.45) is 4.04. The van der Waals surface area contributed by atoms with Gasteiger partial charge in [0, 0.05) is 31.6 Å². The van der Waals surface area contributed by atoms with Crippen molar-refractivity contribution < 1.29 is 17.9 Å². The first kappa shape index (κ1) is 17.2. The topological polar surface area (TPSA) is 66.9 Å². The van der Waals surface area contributed by atoms with E-state index in [0.717, 1.165) is 17.7 Å². The molecule has 0 N–H and O–H groups in total. The van der Waals surface area contributed by atoms with Crippen molar-refractivity contribution in [2.75, 3.05) is 26.5 Å². The Morgan fingerprint density at radius 1 is 1.12 bits per heavy atom. The molecule has 1 aromatic rings. The zero-order valence-electron chi connectivity index (χ0n) is 14.2. The van der Waals surface area contributed by atoms with Crippen molar-refractivity contribution in [2.45, 2.75) is 37.8 Å². The highest BCUT2D eigenvalue weighted by molar-refractivity contribution is 7.88. The Kier molecular flexibility index (Phi) is 4.57. The van der Waals surface area contributed by atoms with E-state index in [2.05, 4.69) is 0 Å². The second kappa shape index (κ2) is 6.37. The van der Waals surface area contributed by atoms with Crippen LogP contribution < -0.4 is 4.74 Å². The van der Waals surface area contributed by atoms with Gasteiger partial charge in [-0.3, -0.25) is 4.79 Å². The van der Waals surface area contributed by atoms with E-state index in [4.69, 9.17) is 4.74 Å². The summed E-state index contributed by atoms with van der Waals surface area (Å²) in [5.41, 5.74) is 0.869. The number of amides is 1. The largest absolute Gasteiger partial charge is 0.497 e. The number of piperidine rings is 1. The van der Waals surface area contributed by atoms with E-state index in [-0.39, 0.29) is 11.4 Å². The number of hydrogen-bond acceptors (Lipinski definition) is 4. The van der Waals surface area contributed by atoms with Crippen molar-refractivity contribution in [3.05, 3.63) is 29.8 Å². The molecular weight excluding hydrogens is 328 g/mol. The van der Waals surface area contributed by atoms with Crippen LogP contribution in [-0.2, 0) is 21.4 Å². The predicted octanol–water partition coefficient (Wildman–Crippen LogP) is 1.61. The average molecular weight is 352 g/mol. The molecule has 0 saturated carbocycles. The highest BCUT2D eigenvalue weighted by atomic mass is 32.2. The molecule has 0 aromatic heterocycles. The highest BCUT2D eigenvalue weighted by Gasteiger charge is 2.47. The van der Waals surface area contributed by atoms with E-state index in [9.17, 15) is 13.2 Å². The molecule has 2 aliphatic rings. The van der Waals surface area contributed by atoms with Gasteiger partial charge in [-0.1, -0.05) is 12.1 Å². The lowest BCUT2D eigenvalue weighted by Gasteiger charge is -2.44. The molecule has 24 heavy (non-hydrogen) atoms. The molecule has 2 heterocycles. The number of hydrogen-bond donors (Lipinski definition) is 0. The van der Waals surface area contributed by atoms with Crippen molar-refractivity contribution in [3.8, 4) is 5.75 Å². The molecule has 0 radical (unpaired) electrons. The van der Waals surface area contributed by atoms with E-state index >= 15 is 0 Å². The van der Waals surface area contributed by atoms with Crippen LogP contribution in [0, 0.1) is 0 Å². The van der Waals surface area contributed by atoms with Gasteiger partial charge in [0.2, 0.25) is 15.9 Å². The third-order valence-corrected chi connectivity index (χ3v) is 6.60. The Bertz CT molecular complexity index is 707. The van der Waals surface area contributed by atoms with E-state index in [0.29, 0.717) is 38.9 Å². The smallest absolute Gasteiger partial charge is 0.223 e. The lowest BCUT2D eigenvalue weighted by molar-refractivity contribution is -0.133. The Morgan fingerprint density at radius 3 is 2.29 bits per heavy atom. The van der Waals surface area contributed by atoms with Crippen molar-refractivity contribution >= 4 is 15.9 Å². The fraction of sp³-hybridized carbons (Fsp3) is 0.588. The predicted molar refractivity (Wildman–Crippen MR) is 91.2 cm³/mol. The van der Waals surface area contributed by atoms with E-state index in [1.807, 2.05) is 29.2 Å². The summed E-state index contributed by atoms with van der Waals surface area (Å²) >= 11 is 0. The Balaban J connectivity index is 1.75. The molecule has 0 atom stereocenters. The lowest BCUT2D eigenvalue weighted by Crippen LogP contribution is -2.53. The molecule has 132 valence electrons. The first-order valence-electron chi connectivity index (χ1n) is 8.23. The Labute approximate surface area is 143 Å². The van der Waals surface area contributed by atoms with E-state index < -0.39 is 10.0 Å². The maximum Gasteiger partial charge on any atom is 0.223 e. The number of ether oxygens (including phenoxy) is 1. The molecule has 1 aromatic carbocycles. The summed E-state index contributed by atoms with van der Waals surface area (Å²) in [5.74, 6) is 0.960. The second-order valence-electron chi connectivity index (χ2n) is 6.71. The van der Waals surface area contributed by atoms with Crippen LogP contribution in [-0.4, -0.2) is 55.5 Å². The number of methoxy groups -OCH3 is 1. The molecular formula is C17H24N2O4S. The third-order valence-electron chi connectivity index (χ3n) is 5.30. The maximum absolute atomic E-state index is 12.4. The van der Waals surface area contributed by atoms with Gasteiger partial charge in [-0.25, -0.2) is 12.7 Å². The SMILES string of the molecule is COc1ccc(CN2C(=O)CCC23CCN(S(C)(=O)=O)CC3)cc1. The number of likely N-dealkylation sites (tertiary alicyclic amines) is 1. The quantitative estimate of drug-likeness (QED) is 0.826. The molecule has 2 saturated heterocycles. The van der Waals surface area contributed by atoms with Crippen LogP contribution in [0.15, 0.2) is 24.3 Å². The monoisotopic (exact) mass is 352 g/mol. The molecule has 6 nitrogen and oxygen atoms in total. The van der Waals surface area contributed by atoms with Crippen LogP contribution in [0.1, 0.15) is 31.2 Å². The Hall–Kier alpha value is -1.60. The molecule has 0 aliphatic carbocycles. The van der Waals surface area contributed by atoms with E-state index in [1.165, 1.54) is 10.6 Å². The number of benzene rings is 1. The van der Waals surface area contributed by atoms with E-state index in [1.54, 1.807) is 7.11 Å². The van der Waals surface area contributed by atoms with Crippen LogP contribution in [0.3, 0.4) is 0 Å². The number of nitrogens with zero attached hydrogens (tertiary/aromatic N) is 2. The molecule has 0 bridgehead atoms. The summed E-state index contributed by atoms with van der Waals surface area (Å²) in [5, 5.41) is 0. The van der Waals surface area contributed by atoms with Gasteiger partial charge in [-0.2, -0.15) is 0 Å². The minimum atomic E-state index is -3.15. The van der Waals surface area contributed by atoms with Crippen molar-refractivity contribution in [2.24, 2.45) is 0 Å². The number of sulfonamides is 1. The highest BCUT2D eigenvalue weighted by Crippen LogP contribution is 2.40. The van der Waals surface area contributed by atoms with Crippen LogP contribution in [0.4, 0.5) is 0 Å². The lowest BCUT2D eigenvalue weighted by atomic mass is 9.85. The van der Waals surface area contributed by atoms with Gasteiger partial charge >= 0.3 is 0 Å². The molecule has 2 aliphatic heterocycles. The fourth-order valence-electron chi connectivity index (χ4n) is 3.80. The normalized spacial score (nSPS) is 21.4. The molecule has 2 fully saturated rings. The first-order chi connectivity index (χ1) is 11.3. The number of carbonyl (C=O) groups excluding carboxylic acids is 1. The third kappa shape index (κ3) is 3.28. The minimum absolute atomic E-state index is 0.165. The fourth-order valence-corrected chi connectivity index (χ4v) is 4.64. The summed E-state index contributed by atoms with van der Waals surface area (Å²) in [6.45, 7) is 1.55. The summed E-state index contributed by atoms with van der Waals surface area (Å²) in [7, 11) is -1.53. The van der Waals surface area contributed by atoms with Crippen molar-refractivity contribution in [1.29, 1.82) is 0 Å². The number of rotatable bonds is 4. The van der Waals surface area contributed by atoms with Gasteiger partial charge in [0.15, 0.2) is 0 Å². The summed E-state index contributed by atoms with van der Waals surface area (Å²) < 4.78 is 30.1. The number of carbonyl (C=O) groups is 1. The average Bonchev–Trinajstić information content (AvgIpc) is 2.85. The zero-order chi connectivity index (χ0) is 17.4. The van der Waals surface area contributed by atoms with Gasteiger partial charge in [-0.15, -0.1) is 0 Å². The minimum Gasteiger partial charge on any atom is -0.497 e. The van der Waals surface area contributed by atoms with Crippen molar-refractivity contribution in [3.63, 3.8) is 0 Å². The standard InChI is InChI=1S/C17H24N2O4S/c1-23-15-5-3-14(4-6-15)13-19-16(20)7-8-17(19)9-11-18(12-10-17)24(2,21)22/h3-6H,7-13H2,1-2H3. The molecule has 7 heteroatoms. The second-order valence-corrected chi connectivity index (χ2v) is 8.70. The molecule has 3 rings (SSSR count). The van der Waals surface area contributed by atoms with Gasteiger partial charge in [-0.05, 0) is 37.0 Å².